The first-order valence-corrected chi connectivity index (χ1v) is 8.73. The summed E-state index contributed by atoms with van der Waals surface area (Å²) in [6.07, 6.45) is 1.28. The first-order valence-electron chi connectivity index (χ1n) is 7.08. The first kappa shape index (κ1) is 17.1. The lowest BCUT2D eigenvalue weighted by molar-refractivity contribution is 0.166. The van der Waals surface area contributed by atoms with Crippen molar-refractivity contribution in [2.45, 2.75) is 37.6 Å². The van der Waals surface area contributed by atoms with Gasteiger partial charge in [-0.15, -0.1) is 0 Å². The second-order valence-corrected chi connectivity index (χ2v) is 6.92. The number of ether oxygens (including phenoxy) is 1. The molecule has 4 nitrogen and oxygen atoms in total. The van der Waals surface area contributed by atoms with Crippen LogP contribution < -0.4 is 5.32 Å². The Balaban J connectivity index is 3.00. The first-order chi connectivity index (χ1) is 9.55. The molecule has 1 aromatic rings. The third kappa shape index (κ3) is 4.89. The lowest BCUT2D eigenvalue weighted by Gasteiger charge is -2.19. The number of hydrogen-bond donors (Lipinski definition) is 1. The standard InChI is InChI=1S/C15H25NO3S/c1-4-10-20(17,18)15-9-7-6-8-13(15)11-14(12-19-3)16-5-2/h6-9,14,16H,4-5,10-12H2,1-3H3. The third-order valence-electron chi connectivity index (χ3n) is 3.11. The number of likely N-dealkylation sites (N-methyl/N-ethyl adjacent to an activating group) is 1. The highest BCUT2D eigenvalue weighted by atomic mass is 32.2. The zero-order valence-electron chi connectivity index (χ0n) is 12.6. The molecule has 0 aromatic heterocycles. The topological polar surface area (TPSA) is 55.4 Å². The smallest absolute Gasteiger partial charge is 0.178 e. The Kier molecular flexibility index (Phi) is 7.19. The molecule has 0 spiro atoms. The van der Waals surface area contributed by atoms with Gasteiger partial charge in [0.15, 0.2) is 9.84 Å². The number of methoxy groups -OCH3 is 1. The Bertz CT molecular complexity index is 494. The van der Waals surface area contributed by atoms with E-state index >= 15 is 0 Å². The van der Waals surface area contributed by atoms with E-state index in [1.54, 1.807) is 19.2 Å². The summed E-state index contributed by atoms with van der Waals surface area (Å²) >= 11 is 0. The van der Waals surface area contributed by atoms with E-state index in [9.17, 15) is 8.42 Å². The second kappa shape index (κ2) is 8.39. The van der Waals surface area contributed by atoms with Crippen molar-refractivity contribution in [3.63, 3.8) is 0 Å². The highest BCUT2D eigenvalue weighted by Crippen LogP contribution is 2.19. The summed E-state index contributed by atoms with van der Waals surface area (Å²) in [7, 11) is -1.53. The van der Waals surface area contributed by atoms with Gasteiger partial charge >= 0.3 is 0 Å². The summed E-state index contributed by atoms with van der Waals surface area (Å²) in [4.78, 5) is 0.459. The molecule has 0 aliphatic heterocycles. The minimum absolute atomic E-state index is 0.128. The molecule has 0 aliphatic rings. The summed E-state index contributed by atoms with van der Waals surface area (Å²) < 4.78 is 29.8. The summed E-state index contributed by atoms with van der Waals surface area (Å²) in [6, 6.07) is 7.39. The van der Waals surface area contributed by atoms with Crippen molar-refractivity contribution >= 4 is 9.84 Å². The van der Waals surface area contributed by atoms with Gasteiger partial charge in [0.25, 0.3) is 0 Å². The monoisotopic (exact) mass is 299 g/mol. The minimum Gasteiger partial charge on any atom is -0.383 e. The quantitative estimate of drug-likeness (QED) is 0.758. The molecule has 0 aliphatic carbocycles. The predicted octanol–water partition coefficient (Wildman–Crippen LogP) is 2.04. The lowest BCUT2D eigenvalue weighted by atomic mass is 10.1. The Morgan fingerprint density at radius 3 is 2.55 bits per heavy atom. The van der Waals surface area contributed by atoms with E-state index in [0.29, 0.717) is 24.3 Å². The fourth-order valence-electron chi connectivity index (χ4n) is 2.30. The van der Waals surface area contributed by atoms with Gasteiger partial charge in [-0.1, -0.05) is 32.0 Å². The van der Waals surface area contributed by atoms with Gasteiger partial charge in [-0.25, -0.2) is 8.42 Å². The molecule has 0 fully saturated rings. The van der Waals surface area contributed by atoms with Crippen molar-refractivity contribution in [2.75, 3.05) is 26.0 Å². The van der Waals surface area contributed by atoms with Crippen LogP contribution in [-0.4, -0.2) is 40.5 Å². The van der Waals surface area contributed by atoms with Crippen LogP contribution in [0.25, 0.3) is 0 Å². The molecule has 0 saturated heterocycles. The highest BCUT2D eigenvalue weighted by molar-refractivity contribution is 7.91. The Labute approximate surface area is 122 Å². The molecule has 0 saturated carbocycles. The Morgan fingerprint density at radius 1 is 1.25 bits per heavy atom. The maximum absolute atomic E-state index is 12.3. The van der Waals surface area contributed by atoms with E-state index < -0.39 is 9.84 Å². The number of benzene rings is 1. The fraction of sp³-hybridized carbons (Fsp3) is 0.600. The molecule has 1 rings (SSSR count). The van der Waals surface area contributed by atoms with Crippen molar-refractivity contribution in [1.29, 1.82) is 0 Å². The summed E-state index contributed by atoms with van der Waals surface area (Å²) in [5.74, 6) is 0.195. The zero-order valence-corrected chi connectivity index (χ0v) is 13.4. The molecule has 5 heteroatoms. The average molecular weight is 299 g/mol. The maximum Gasteiger partial charge on any atom is 0.178 e. The van der Waals surface area contributed by atoms with Gasteiger partial charge < -0.3 is 10.1 Å². The molecular formula is C15H25NO3S. The van der Waals surface area contributed by atoms with Crippen LogP contribution in [0.2, 0.25) is 0 Å². The molecule has 1 aromatic carbocycles. The van der Waals surface area contributed by atoms with Crippen LogP contribution >= 0.6 is 0 Å². The van der Waals surface area contributed by atoms with E-state index in [1.807, 2.05) is 26.0 Å². The Hall–Kier alpha value is -0.910. The maximum atomic E-state index is 12.3. The van der Waals surface area contributed by atoms with E-state index in [2.05, 4.69) is 5.32 Å². The zero-order chi connectivity index (χ0) is 15.0. The minimum atomic E-state index is -3.19. The SMILES string of the molecule is CCCS(=O)(=O)c1ccccc1CC(COC)NCC. The van der Waals surface area contributed by atoms with Gasteiger partial charge in [-0.2, -0.15) is 0 Å². The van der Waals surface area contributed by atoms with Crippen LogP contribution in [0, 0.1) is 0 Å². The molecule has 114 valence electrons. The summed E-state index contributed by atoms with van der Waals surface area (Å²) in [5, 5.41) is 3.32. The second-order valence-electron chi connectivity index (χ2n) is 4.84. The van der Waals surface area contributed by atoms with Crippen LogP contribution in [-0.2, 0) is 21.0 Å². The molecule has 0 bridgehead atoms. The summed E-state index contributed by atoms with van der Waals surface area (Å²) in [6.45, 7) is 5.31. The van der Waals surface area contributed by atoms with E-state index in [1.165, 1.54) is 0 Å². The fourth-order valence-corrected chi connectivity index (χ4v) is 3.89. The largest absolute Gasteiger partial charge is 0.383 e. The highest BCUT2D eigenvalue weighted by Gasteiger charge is 2.19. The van der Waals surface area contributed by atoms with Gasteiger partial charge in [0.05, 0.1) is 17.3 Å². The lowest BCUT2D eigenvalue weighted by Crippen LogP contribution is -2.35. The molecular weight excluding hydrogens is 274 g/mol. The van der Waals surface area contributed by atoms with Crippen molar-refractivity contribution in [2.24, 2.45) is 0 Å². The molecule has 0 radical (unpaired) electrons. The molecule has 0 heterocycles. The van der Waals surface area contributed by atoms with Crippen LogP contribution in [0.1, 0.15) is 25.8 Å². The van der Waals surface area contributed by atoms with Crippen LogP contribution in [0.3, 0.4) is 0 Å². The van der Waals surface area contributed by atoms with Crippen molar-refractivity contribution in [1.82, 2.24) is 5.32 Å². The molecule has 0 amide bonds. The molecule has 1 unspecified atom stereocenters. The van der Waals surface area contributed by atoms with Gasteiger partial charge in [-0.05, 0) is 31.0 Å². The van der Waals surface area contributed by atoms with Gasteiger partial charge in [0.1, 0.15) is 0 Å². The molecule has 20 heavy (non-hydrogen) atoms. The number of hydrogen-bond acceptors (Lipinski definition) is 4. The van der Waals surface area contributed by atoms with Gasteiger partial charge in [0.2, 0.25) is 0 Å². The van der Waals surface area contributed by atoms with Crippen LogP contribution in [0.5, 0.6) is 0 Å². The van der Waals surface area contributed by atoms with E-state index in [0.717, 1.165) is 12.1 Å². The summed E-state index contributed by atoms with van der Waals surface area (Å²) in [5.41, 5.74) is 0.865. The predicted molar refractivity (Wildman–Crippen MR) is 81.8 cm³/mol. The third-order valence-corrected chi connectivity index (χ3v) is 5.12. The van der Waals surface area contributed by atoms with Crippen LogP contribution in [0.4, 0.5) is 0 Å². The van der Waals surface area contributed by atoms with Crippen molar-refractivity contribution in [3.8, 4) is 0 Å². The number of nitrogens with one attached hydrogen (secondary N) is 1. The van der Waals surface area contributed by atoms with Gasteiger partial charge in [-0.3, -0.25) is 0 Å². The van der Waals surface area contributed by atoms with E-state index in [-0.39, 0.29) is 11.8 Å². The van der Waals surface area contributed by atoms with Gasteiger partial charge in [0, 0.05) is 13.2 Å². The number of rotatable bonds is 9. The average Bonchev–Trinajstić information content (AvgIpc) is 2.39. The molecule has 1 atom stereocenters. The van der Waals surface area contributed by atoms with Crippen molar-refractivity contribution < 1.29 is 13.2 Å². The van der Waals surface area contributed by atoms with E-state index in [4.69, 9.17) is 4.74 Å². The molecule has 1 N–H and O–H groups in total. The number of sulfone groups is 1. The van der Waals surface area contributed by atoms with Crippen molar-refractivity contribution in [3.05, 3.63) is 29.8 Å². The normalized spacial score (nSPS) is 13.3. The Morgan fingerprint density at radius 2 is 1.95 bits per heavy atom. The van der Waals surface area contributed by atoms with Crippen LogP contribution in [0.15, 0.2) is 29.2 Å².